The van der Waals surface area contributed by atoms with Crippen LogP contribution >= 0.6 is 0 Å². The zero-order valence-electron chi connectivity index (χ0n) is 12.2. The van der Waals surface area contributed by atoms with Gasteiger partial charge in [-0.05, 0) is 58.9 Å². The van der Waals surface area contributed by atoms with E-state index in [-0.39, 0.29) is 5.92 Å². The molecule has 1 heteroatoms. The molecule has 0 saturated heterocycles. The van der Waals surface area contributed by atoms with E-state index in [1.165, 1.54) is 32.7 Å². The van der Waals surface area contributed by atoms with Crippen molar-refractivity contribution in [1.29, 1.82) is 0 Å². The van der Waals surface area contributed by atoms with Crippen LogP contribution < -0.4 is 10.4 Å². The topological polar surface area (TPSA) is 17.1 Å². The highest BCUT2D eigenvalue weighted by Gasteiger charge is 2.22. The normalized spacial score (nSPS) is 18.6. The Hall–Kier alpha value is -2.15. The lowest BCUT2D eigenvalue weighted by molar-refractivity contribution is -0.118. The third kappa shape index (κ3) is 1.88. The minimum absolute atomic E-state index is 0.0841. The van der Waals surface area contributed by atoms with Crippen molar-refractivity contribution in [3.8, 4) is 11.1 Å². The van der Waals surface area contributed by atoms with Gasteiger partial charge < -0.3 is 0 Å². The average Bonchev–Trinajstić information content (AvgIpc) is 2.53. The van der Waals surface area contributed by atoms with Gasteiger partial charge in [-0.2, -0.15) is 0 Å². The molecule has 0 aliphatic heterocycles. The van der Waals surface area contributed by atoms with E-state index in [1.54, 1.807) is 6.92 Å². The number of benzene rings is 2. The highest BCUT2D eigenvalue weighted by atomic mass is 16.1. The Labute approximate surface area is 124 Å². The fourth-order valence-corrected chi connectivity index (χ4v) is 3.78. The molecule has 0 bridgehead atoms. The number of carbonyl (C=O) groups is 1. The Morgan fingerprint density at radius 1 is 1.00 bits per heavy atom. The van der Waals surface area contributed by atoms with Crippen LogP contribution in [-0.2, 0) is 11.2 Å². The van der Waals surface area contributed by atoms with E-state index in [0.717, 1.165) is 19.3 Å². The standard InChI is InChI=1S/C20H18O/c1-13(21)15-7-4-8-17-18(15)11-12-19-16-6-3-2-5-14(16)9-10-20(17)19/h2-3,5-6,8,10-12,15H,4,7,9H2,1H3. The van der Waals surface area contributed by atoms with Gasteiger partial charge in [-0.15, -0.1) is 0 Å². The first-order valence-electron chi connectivity index (χ1n) is 7.68. The second-order valence-corrected chi connectivity index (χ2v) is 6.04. The van der Waals surface area contributed by atoms with E-state index < -0.39 is 0 Å². The molecule has 0 spiro atoms. The number of Topliss-reactive ketones (excluding diaryl/α,β-unsaturated/α-hetero) is 1. The molecule has 2 aliphatic rings. The van der Waals surface area contributed by atoms with Gasteiger partial charge >= 0.3 is 0 Å². The minimum atomic E-state index is 0.0841. The quantitative estimate of drug-likeness (QED) is 0.781. The van der Waals surface area contributed by atoms with E-state index in [2.05, 4.69) is 48.6 Å². The second kappa shape index (κ2) is 4.70. The van der Waals surface area contributed by atoms with Gasteiger partial charge in [0.15, 0.2) is 0 Å². The summed E-state index contributed by atoms with van der Waals surface area (Å²) in [5.74, 6) is 0.376. The first-order valence-corrected chi connectivity index (χ1v) is 7.68. The third-order valence-corrected chi connectivity index (χ3v) is 4.82. The molecule has 2 aromatic rings. The van der Waals surface area contributed by atoms with E-state index in [9.17, 15) is 4.79 Å². The molecule has 0 saturated carbocycles. The number of hydrogen-bond acceptors (Lipinski definition) is 1. The van der Waals surface area contributed by atoms with Crippen LogP contribution in [0.2, 0.25) is 0 Å². The van der Waals surface area contributed by atoms with E-state index >= 15 is 0 Å². The number of hydrogen-bond donors (Lipinski definition) is 0. The summed E-state index contributed by atoms with van der Waals surface area (Å²) in [6.45, 7) is 1.72. The summed E-state index contributed by atoms with van der Waals surface area (Å²) >= 11 is 0. The van der Waals surface area contributed by atoms with Gasteiger partial charge in [0, 0.05) is 5.92 Å². The predicted octanol–water partition coefficient (Wildman–Crippen LogP) is 2.94. The summed E-state index contributed by atoms with van der Waals surface area (Å²) in [7, 11) is 0. The Morgan fingerprint density at radius 2 is 1.86 bits per heavy atom. The molecule has 1 unspecified atom stereocenters. The van der Waals surface area contributed by atoms with Gasteiger partial charge in [0.25, 0.3) is 0 Å². The molecule has 1 atom stereocenters. The number of ketones is 1. The van der Waals surface area contributed by atoms with Crippen molar-refractivity contribution in [2.45, 2.75) is 32.1 Å². The molecule has 0 amide bonds. The van der Waals surface area contributed by atoms with Crippen molar-refractivity contribution < 1.29 is 4.79 Å². The van der Waals surface area contributed by atoms with Gasteiger partial charge in [0.05, 0.1) is 0 Å². The van der Waals surface area contributed by atoms with Crippen LogP contribution in [0.1, 0.15) is 36.8 Å². The van der Waals surface area contributed by atoms with E-state index in [1.807, 2.05) is 0 Å². The van der Waals surface area contributed by atoms with Crippen LogP contribution in [0, 0.1) is 0 Å². The number of fused-ring (bicyclic) bond motifs is 5. The van der Waals surface area contributed by atoms with E-state index in [0.29, 0.717) is 5.78 Å². The Kier molecular flexibility index (Phi) is 2.81. The molecule has 0 radical (unpaired) electrons. The summed E-state index contributed by atoms with van der Waals surface area (Å²) in [5, 5.41) is 2.63. The predicted molar refractivity (Wildman–Crippen MR) is 86.4 cm³/mol. The lowest BCUT2D eigenvalue weighted by Crippen LogP contribution is -2.36. The first kappa shape index (κ1) is 12.6. The highest BCUT2D eigenvalue weighted by molar-refractivity contribution is 5.85. The summed E-state index contributed by atoms with van der Waals surface area (Å²) in [6, 6.07) is 13.0. The molecule has 1 nitrogen and oxygen atoms in total. The number of rotatable bonds is 1. The van der Waals surface area contributed by atoms with Crippen molar-refractivity contribution in [2.24, 2.45) is 0 Å². The van der Waals surface area contributed by atoms with Crippen molar-refractivity contribution in [3.05, 3.63) is 58.0 Å². The van der Waals surface area contributed by atoms with Gasteiger partial charge in [0.1, 0.15) is 5.78 Å². The molecular weight excluding hydrogens is 256 g/mol. The smallest absolute Gasteiger partial charge is 0.137 e. The van der Waals surface area contributed by atoms with Crippen molar-refractivity contribution >= 4 is 17.9 Å². The van der Waals surface area contributed by atoms with Crippen molar-refractivity contribution in [3.63, 3.8) is 0 Å². The largest absolute Gasteiger partial charge is 0.299 e. The van der Waals surface area contributed by atoms with Crippen molar-refractivity contribution in [2.75, 3.05) is 0 Å². The number of carbonyl (C=O) groups excluding carboxylic acids is 1. The van der Waals surface area contributed by atoms with E-state index in [4.69, 9.17) is 0 Å². The lowest BCUT2D eigenvalue weighted by Gasteiger charge is -2.22. The Bertz CT molecular complexity index is 858. The monoisotopic (exact) mass is 274 g/mol. The summed E-state index contributed by atoms with van der Waals surface area (Å²) in [6.07, 6.45) is 7.59. The summed E-state index contributed by atoms with van der Waals surface area (Å²) in [5.41, 5.74) is 5.28. The minimum Gasteiger partial charge on any atom is -0.299 e. The first-order chi connectivity index (χ1) is 10.3. The van der Waals surface area contributed by atoms with Gasteiger partial charge in [-0.3, -0.25) is 4.79 Å². The average molecular weight is 274 g/mol. The van der Waals surface area contributed by atoms with Crippen LogP contribution in [0.5, 0.6) is 0 Å². The molecule has 0 heterocycles. The molecule has 2 aliphatic carbocycles. The molecule has 4 rings (SSSR count). The molecule has 104 valence electrons. The second-order valence-electron chi connectivity index (χ2n) is 6.04. The maximum Gasteiger partial charge on any atom is 0.137 e. The molecule has 0 N–H and O–H groups in total. The SMILES string of the molecule is CC(=O)C1CCC=c2c1ccc1c2=CCc2ccccc2-1. The zero-order valence-corrected chi connectivity index (χ0v) is 12.2. The van der Waals surface area contributed by atoms with Gasteiger partial charge in [-0.1, -0.05) is 48.6 Å². The maximum absolute atomic E-state index is 11.9. The molecular formula is C20H18O. The van der Waals surface area contributed by atoms with Crippen LogP contribution in [-0.4, -0.2) is 5.78 Å². The molecule has 21 heavy (non-hydrogen) atoms. The highest BCUT2D eigenvalue weighted by Crippen LogP contribution is 2.27. The van der Waals surface area contributed by atoms with Crippen molar-refractivity contribution in [1.82, 2.24) is 0 Å². The van der Waals surface area contributed by atoms with Crippen LogP contribution in [0.15, 0.2) is 36.4 Å². The summed E-state index contributed by atoms with van der Waals surface area (Å²) in [4.78, 5) is 11.9. The van der Waals surface area contributed by atoms with Crippen LogP contribution in [0.3, 0.4) is 0 Å². The van der Waals surface area contributed by atoms with Crippen LogP contribution in [0.25, 0.3) is 23.3 Å². The molecule has 2 aromatic carbocycles. The molecule has 0 aromatic heterocycles. The summed E-state index contributed by atoms with van der Waals surface area (Å²) < 4.78 is 0. The zero-order chi connectivity index (χ0) is 14.4. The van der Waals surface area contributed by atoms with Crippen LogP contribution in [0.4, 0.5) is 0 Å². The fraction of sp³-hybridized carbons (Fsp3) is 0.250. The maximum atomic E-state index is 11.9. The lowest BCUT2D eigenvalue weighted by atomic mass is 9.81. The third-order valence-electron chi connectivity index (χ3n) is 4.82. The Balaban J connectivity index is 2.01. The van der Waals surface area contributed by atoms with Gasteiger partial charge in [-0.25, -0.2) is 0 Å². The van der Waals surface area contributed by atoms with Gasteiger partial charge in [0.2, 0.25) is 0 Å². The Morgan fingerprint density at radius 3 is 2.71 bits per heavy atom. The molecule has 0 fully saturated rings. The fourth-order valence-electron chi connectivity index (χ4n) is 3.78.